The first-order chi connectivity index (χ1) is 17.5. The molecule has 0 aliphatic carbocycles. The molecule has 0 radical (unpaired) electrons. The molecule has 0 aromatic heterocycles. The van der Waals surface area contributed by atoms with E-state index >= 15 is 0 Å². The van der Waals surface area contributed by atoms with Crippen LogP contribution < -0.4 is 0 Å². The first-order valence-electron chi connectivity index (χ1n) is 14.9. The highest BCUT2D eigenvalue weighted by molar-refractivity contribution is 7.99. The molecule has 5 nitrogen and oxygen atoms in total. The average Bonchev–Trinajstić information content (AvgIpc) is 2.88. The number of carboxylic acid groups (broad SMARTS) is 1. The summed E-state index contributed by atoms with van der Waals surface area (Å²) in [6, 6.07) is 0. The number of rotatable bonds is 28. The number of unbranched alkanes of at least 4 members (excludes halogenated alkanes) is 14. The van der Waals surface area contributed by atoms with Gasteiger partial charge in [0.15, 0.2) is 0 Å². The van der Waals surface area contributed by atoms with Crippen LogP contribution in [0.15, 0.2) is 0 Å². The fourth-order valence-corrected chi connectivity index (χ4v) is 5.99. The van der Waals surface area contributed by atoms with Gasteiger partial charge in [0.2, 0.25) is 8.46 Å². The zero-order chi connectivity index (χ0) is 26.9. The molecule has 0 spiro atoms. The summed E-state index contributed by atoms with van der Waals surface area (Å²) < 4.78 is 23.3. The van der Waals surface area contributed by atoms with Crippen molar-refractivity contribution < 1.29 is 23.9 Å². The first kappa shape index (κ1) is 35.8. The lowest BCUT2D eigenvalue weighted by Crippen LogP contribution is -2.43. The SMILES string of the molecule is CCCCCCCCCCCSC(CCCCCCCCC)C(C)OCC(OCCC)(P=O)C(=O)O. The minimum atomic E-state index is -1.81. The Morgan fingerprint density at radius 2 is 1.31 bits per heavy atom. The maximum absolute atomic E-state index is 11.8. The third kappa shape index (κ3) is 18.2. The van der Waals surface area contributed by atoms with Crippen molar-refractivity contribution in [2.24, 2.45) is 0 Å². The Labute approximate surface area is 228 Å². The van der Waals surface area contributed by atoms with Gasteiger partial charge < -0.3 is 14.6 Å². The van der Waals surface area contributed by atoms with E-state index in [9.17, 15) is 14.5 Å². The zero-order valence-corrected chi connectivity index (χ0v) is 25.7. The highest BCUT2D eigenvalue weighted by Gasteiger charge is 2.42. The molecule has 3 atom stereocenters. The first-order valence-corrected chi connectivity index (χ1v) is 16.8. The topological polar surface area (TPSA) is 72.8 Å². The van der Waals surface area contributed by atoms with Crippen molar-refractivity contribution in [3.63, 3.8) is 0 Å². The van der Waals surface area contributed by atoms with Gasteiger partial charge in [-0.05, 0) is 31.9 Å². The van der Waals surface area contributed by atoms with Crippen LogP contribution >= 0.6 is 20.2 Å². The fourth-order valence-electron chi connectivity index (χ4n) is 4.28. The van der Waals surface area contributed by atoms with Crippen molar-refractivity contribution in [2.75, 3.05) is 19.0 Å². The summed E-state index contributed by atoms with van der Waals surface area (Å²) in [6.45, 7) is 8.49. The van der Waals surface area contributed by atoms with Crippen LogP contribution in [0, 0.1) is 0 Å². The van der Waals surface area contributed by atoms with E-state index in [1.165, 1.54) is 103 Å². The van der Waals surface area contributed by atoms with Crippen molar-refractivity contribution in [3.05, 3.63) is 0 Å². The fraction of sp³-hybridized carbons (Fsp3) is 0.966. The molecular formula is C29H57O5PS. The van der Waals surface area contributed by atoms with E-state index in [1.54, 1.807) is 0 Å². The van der Waals surface area contributed by atoms with Crippen LogP contribution in [0.5, 0.6) is 0 Å². The van der Waals surface area contributed by atoms with Crippen molar-refractivity contribution in [2.45, 2.75) is 160 Å². The summed E-state index contributed by atoms with van der Waals surface area (Å²) in [4.78, 5) is 11.8. The van der Waals surface area contributed by atoms with Gasteiger partial charge in [-0.3, -0.25) is 4.57 Å². The van der Waals surface area contributed by atoms with Crippen molar-refractivity contribution >= 4 is 26.2 Å². The van der Waals surface area contributed by atoms with Gasteiger partial charge in [0.05, 0.1) is 12.7 Å². The van der Waals surface area contributed by atoms with E-state index in [2.05, 4.69) is 13.8 Å². The molecule has 0 fully saturated rings. The Morgan fingerprint density at radius 3 is 1.78 bits per heavy atom. The minimum Gasteiger partial charge on any atom is -0.478 e. The summed E-state index contributed by atoms with van der Waals surface area (Å²) in [7, 11) is -0.560. The van der Waals surface area contributed by atoms with Crippen molar-refractivity contribution in [3.8, 4) is 0 Å². The van der Waals surface area contributed by atoms with Gasteiger partial charge in [-0.1, -0.05) is 117 Å². The molecule has 0 saturated carbocycles. The molecular weight excluding hydrogens is 491 g/mol. The zero-order valence-electron chi connectivity index (χ0n) is 23.9. The molecule has 0 aliphatic rings. The highest BCUT2D eigenvalue weighted by atomic mass is 32.2. The monoisotopic (exact) mass is 548 g/mol. The lowest BCUT2D eigenvalue weighted by atomic mass is 10.1. The van der Waals surface area contributed by atoms with Crippen LogP contribution in [0.1, 0.15) is 143 Å². The average molecular weight is 549 g/mol. The standard InChI is InChI=1S/C29H57O5PS/c1-5-8-10-12-14-15-17-19-21-24-36-27(22-20-18-16-13-11-9-6-2)26(4)33-25-29(35-32,28(30)31)34-23-7-3/h26-27H,5-25H2,1-4H3,(H,30,31). The van der Waals surface area contributed by atoms with E-state index in [4.69, 9.17) is 9.47 Å². The second kappa shape index (κ2) is 25.1. The molecule has 0 aromatic carbocycles. The Balaban J connectivity index is 4.60. The molecule has 0 aliphatic heterocycles. The molecule has 7 heteroatoms. The molecule has 0 heterocycles. The van der Waals surface area contributed by atoms with E-state index in [0.29, 0.717) is 11.7 Å². The van der Waals surface area contributed by atoms with Gasteiger partial charge in [-0.25, -0.2) is 4.79 Å². The maximum Gasteiger partial charge on any atom is 0.350 e. The largest absolute Gasteiger partial charge is 0.478 e. The molecule has 0 bridgehead atoms. The van der Waals surface area contributed by atoms with E-state index in [0.717, 1.165) is 12.2 Å². The summed E-state index contributed by atoms with van der Waals surface area (Å²) in [5.41, 5.74) is 0. The van der Waals surface area contributed by atoms with Crippen LogP contribution in [0.2, 0.25) is 0 Å². The summed E-state index contributed by atoms with van der Waals surface area (Å²) in [5, 5.41) is 8.16. The highest BCUT2D eigenvalue weighted by Crippen LogP contribution is 2.30. The lowest BCUT2D eigenvalue weighted by Gasteiger charge is -2.28. The quantitative estimate of drug-likeness (QED) is 0.0775. The molecule has 214 valence electrons. The lowest BCUT2D eigenvalue weighted by molar-refractivity contribution is -0.162. The van der Waals surface area contributed by atoms with Crippen LogP contribution in [0.4, 0.5) is 0 Å². The van der Waals surface area contributed by atoms with Gasteiger partial charge in [0.25, 0.3) is 5.34 Å². The maximum atomic E-state index is 11.8. The van der Waals surface area contributed by atoms with Crippen molar-refractivity contribution in [1.82, 2.24) is 0 Å². The van der Waals surface area contributed by atoms with Crippen LogP contribution in [-0.4, -0.2) is 46.7 Å². The third-order valence-corrected chi connectivity index (χ3v) is 9.08. The Kier molecular flexibility index (Phi) is 25.0. The Morgan fingerprint density at radius 1 is 0.806 bits per heavy atom. The molecule has 0 aromatic rings. The Bertz CT molecular complexity index is 522. The Hall–Kier alpha value is -0.160. The third-order valence-electron chi connectivity index (χ3n) is 6.76. The molecule has 0 rings (SSSR count). The number of hydrogen-bond acceptors (Lipinski definition) is 5. The number of ether oxygens (including phenoxy) is 2. The predicted octanol–water partition coefficient (Wildman–Crippen LogP) is 9.66. The van der Waals surface area contributed by atoms with Gasteiger partial charge >= 0.3 is 5.97 Å². The number of carboxylic acids is 1. The van der Waals surface area contributed by atoms with Crippen LogP contribution in [0.25, 0.3) is 0 Å². The molecule has 1 N–H and O–H groups in total. The summed E-state index contributed by atoms with van der Waals surface area (Å²) >= 11 is 1.97. The van der Waals surface area contributed by atoms with Crippen LogP contribution in [0.3, 0.4) is 0 Å². The van der Waals surface area contributed by atoms with Crippen molar-refractivity contribution in [1.29, 1.82) is 0 Å². The van der Waals surface area contributed by atoms with Gasteiger partial charge in [0, 0.05) is 11.9 Å². The summed E-state index contributed by atoms with van der Waals surface area (Å²) in [6.07, 6.45) is 22.5. The normalized spacial score (nSPS) is 15.1. The second-order valence-corrected chi connectivity index (χ2v) is 12.4. The van der Waals surface area contributed by atoms with E-state index in [1.807, 2.05) is 25.6 Å². The molecule has 3 unspecified atom stereocenters. The number of hydrogen-bond donors (Lipinski definition) is 1. The van der Waals surface area contributed by atoms with E-state index in [-0.39, 0.29) is 19.3 Å². The summed E-state index contributed by atoms with van der Waals surface area (Å²) in [5.74, 6) is -0.119. The number of thioether (sulfide) groups is 1. The molecule has 36 heavy (non-hydrogen) atoms. The predicted molar refractivity (Wildman–Crippen MR) is 156 cm³/mol. The molecule has 0 saturated heterocycles. The van der Waals surface area contributed by atoms with Gasteiger partial charge in [0.1, 0.15) is 0 Å². The number of carbonyl (C=O) groups is 1. The van der Waals surface area contributed by atoms with E-state index < -0.39 is 19.8 Å². The minimum absolute atomic E-state index is 0.112. The molecule has 0 amide bonds. The van der Waals surface area contributed by atoms with Gasteiger partial charge in [-0.15, -0.1) is 0 Å². The van der Waals surface area contributed by atoms with Crippen LogP contribution in [-0.2, 0) is 18.8 Å². The second-order valence-electron chi connectivity index (χ2n) is 10.2. The number of aliphatic carboxylic acids is 1. The smallest absolute Gasteiger partial charge is 0.350 e. The van der Waals surface area contributed by atoms with Gasteiger partial charge in [-0.2, -0.15) is 11.8 Å².